The Balaban J connectivity index is 1.06. The van der Waals surface area contributed by atoms with E-state index in [-0.39, 0.29) is 12.5 Å². The number of likely N-dealkylation sites (N-methyl/N-ethyl adjacent to an activating group) is 1. The third kappa shape index (κ3) is 5.90. The average molecular weight is 621 g/mol. The average Bonchev–Trinajstić information content (AvgIpc) is 3.56. The third-order valence-corrected chi connectivity index (χ3v) is 8.30. The van der Waals surface area contributed by atoms with E-state index in [9.17, 15) is 4.79 Å². The van der Waals surface area contributed by atoms with Gasteiger partial charge in [-0.15, -0.1) is 0 Å². The second-order valence-corrected chi connectivity index (χ2v) is 11.7. The number of aromatic nitrogens is 2. The molecule has 0 radical (unpaired) electrons. The van der Waals surface area contributed by atoms with Crippen molar-refractivity contribution in [3.05, 3.63) is 87.9 Å². The summed E-state index contributed by atoms with van der Waals surface area (Å²) in [4.78, 5) is 24.3. The summed E-state index contributed by atoms with van der Waals surface area (Å²) >= 11 is 10.0. The van der Waals surface area contributed by atoms with E-state index in [4.69, 9.17) is 16.3 Å². The molecule has 5 aromatic rings. The first-order chi connectivity index (χ1) is 19.4. The summed E-state index contributed by atoms with van der Waals surface area (Å²) in [5.74, 6) is 0.305. The predicted octanol–water partition coefficient (Wildman–Crippen LogP) is 6.22. The SMILES string of the molecule is CN1CCN(CCNC(=O)COc2cc3[nH]c(-c4cc5ccc(Br)cc5[nH]4)cc3cc2Cl)C(c2ccccc2)C1. The van der Waals surface area contributed by atoms with Gasteiger partial charge in [0.05, 0.1) is 16.4 Å². The van der Waals surface area contributed by atoms with Crippen molar-refractivity contribution < 1.29 is 9.53 Å². The summed E-state index contributed by atoms with van der Waals surface area (Å²) in [6.07, 6.45) is 0. The summed E-state index contributed by atoms with van der Waals surface area (Å²) in [5.41, 5.74) is 5.18. The monoisotopic (exact) mass is 619 g/mol. The van der Waals surface area contributed by atoms with Crippen LogP contribution in [0, 0.1) is 0 Å². The molecule has 1 saturated heterocycles. The molecule has 0 aliphatic carbocycles. The molecule has 6 rings (SSSR count). The van der Waals surface area contributed by atoms with Crippen LogP contribution < -0.4 is 10.1 Å². The van der Waals surface area contributed by atoms with Gasteiger partial charge >= 0.3 is 0 Å². The van der Waals surface area contributed by atoms with Gasteiger partial charge in [-0.2, -0.15) is 0 Å². The molecule has 1 fully saturated rings. The van der Waals surface area contributed by atoms with Gasteiger partial charge in [-0.3, -0.25) is 9.69 Å². The lowest BCUT2D eigenvalue weighted by Gasteiger charge is -2.40. The van der Waals surface area contributed by atoms with Crippen molar-refractivity contribution in [2.24, 2.45) is 0 Å². The molecule has 1 unspecified atom stereocenters. The van der Waals surface area contributed by atoms with Crippen LogP contribution in [0.1, 0.15) is 11.6 Å². The number of rotatable bonds is 8. The molecule has 206 valence electrons. The van der Waals surface area contributed by atoms with Crippen molar-refractivity contribution in [3.8, 4) is 17.1 Å². The van der Waals surface area contributed by atoms with Gasteiger partial charge in [-0.05, 0) is 42.9 Å². The van der Waals surface area contributed by atoms with Crippen LogP contribution >= 0.6 is 27.5 Å². The maximum atomic E-state index is 12.6. The van der Waals surface area contributed by atoms with E-state index in [2.05, 4.69) is 96.6 Å². The van der Waals surface area contributed by atoms with Crippen molar-refractivity contribution >= 4 is 55.2 Å². The van der Waals surface area contributed by atoms with Gasteiger partial charge in [0, 0.05) is 71.1 Å². The Kier molecular flexibility index (Phi) is 7.85. The Morgan fingerprint density at radius 1 is 1.00 bits per heavy atom. The van der Waals surface area contributed by atoms with Crippen molar-refractivity contribution in [2.45, 2.75) is 6.04 Å². The Bertz CT molecular complexity index is 1650. The fourth-order valence-corrected chi connectivity index (χ4v) is 5.97. The van der Waals surface area contributed by atoms with Crippen LogP contribution in [0.3, 0.4) is 0 Å². The molecular formula is C31H31BrClN5O2. The number of benzene rings is 3. The van der Waals surface area contributed by atoms with Crippen molar-refractivity contribution in [3.63, 3.8) is 0 Å². The van der Waals surface area contributed by atoms with E-state index < -0.39 is 0 Å². The lowest BCUT2D eigenvalue weighted by atomic mass is 10.0. The number of H-pyrrole nitrogens is 2. The quantitative estimate of drug-likeness (QED) is 0.193. The number of fused-ring (bicyclic) bond motifs is 2. The number of carbonyl (C=O) groups is 1. The lowest BCUT2D eigenvalue weighted by molar-refractivity contribution is -0.123. The van der Waals surface area contributed by atoms with Crippen molar-refractivity contribution in [1.29, 1.82) is 0 Å². The molecule has 3 aromatic carbocycles. The number of nitrogens with one attached hydrogen (secondary N) is 3. The normalized spacial score (nSPS) is 16.5. The number of halogens is 2. The minimum Gasteiger partial charge on any atom is -0.482 e. The molecular weight excluding hydrogens is 590 g/mol. The molecule has 9 heteroatoms. The third-order valence-electron chi connectivity index (χ3n) is 7.51. The summed E-state index contributed by atoms with van der Waals surface area (Å²) in [7, 11) is 2.16. The van der Waals surface area contributed by atoms with E-state index in [0.29, 0.717) is 23.4 Å². The Hall–Kier alpha value is -3.30. The molecule has 0 saturated carbocycles. The van der Waals surface area contributed by atoms with Crippen LogP contribution in [-0.4, -0.2) is 72.1 Å². The fourth-order valence-electron chi connectivity index (χ4n) is 5.38. The highest BCUT2D eigenvalue weighted by Crippen LogP contribution is 2.34. The predicted molar refractivity (Wildman–Crippen MR) is 165 cm³/mol. The first kappa shape index (κ1) is 26.9. The van der Waals surface area contributed by atoms with E-state index in [1.807, 2.05) is 24.3 Å². The number of ether oxygens (including phenoxy) is 1. The first-order valence-electron chi connectivity index (χ1n) is 13.4. The Labute approximate surface area is 246 Å². The highest BCUT2D eigenvalue weighted by molar-refractivity contribution is 9.10. The number of piperazine rings is 1. The molecule has 1 aliphatic heterocycles. The standard InChI is InChI=1S/C31H31BrClN5O2/c1-37-11-12-38(29(18-37)20-5-3-2-4-6-20)10-9-34-31(39)19-40-30-17-26-22(13-24(30)33)15-28(36-26)27-14-21-7-8-23(32)16-25(21)35-27/h2-8,13-17,29,35-36H,9-12,18-19H2,1H3,(H,34,39). The van der Waals surface area contributed by atoms with Gasteiger partial charge in [-0.1, -0.05) is 63.9 Å². The number of amides is 1. The topological polar surface area (TPSA) is 76.4 Å². The highest BCUT2D eigenvalue weighted by atomic mass is 79.9. The van der Waals surface area contributed by atoms with Crippen LogP contribution in [0.2, 0.25) is 5.02 Å². The minimum atomic E-state index is -0.169. The molecule has 1 amide bonds. The zero-order chi connectivity index (χ0) is 27.6. The smallest absolute Gasteiger partial charge is 0.257 e. The largest absolute Gasteiger partial charge is 0.482 e. The molecule has 7 nitrogen and oxygen atoms in total. The van der Waals surface area contributed by atoms with E-state index in [1.165, 1.54) is 5.56 Å². The summed E-state index contributed by atoms with van der Waals surface area (Å²) in [6, 6.07) is 24.9. The van der Waals surface area contributed by atoms with E-state index >= 15 is 0 Å². The van der Waals surface area contributed by atoms with E-state index in [0.717, 1.165) is 63.8 Å². The minimum absolute atomic E-state index is 0.0967. The van der Waals surface area contributed by atoms with Crippen LogP contribution in [0.5, 0.6) is 5.75 Å². The molecule has 0 spiro atoms. The van der Waals surface area contributed by atoms with Gasteiger partial charge in [0.2, 0.25) is 0 Å². The van der Waals surface area contributed by atoms with Crippen molar-refractivity contribution in [2.75, 3.05) is 46.4 Å². The number of hydrogen-bond donors (Lipinski definition) is 3. The van der Waals surface area contributed by atoms with E-state index in [1.54, 1.807) is 0 Å². The summed E-state index contributed by atoms with van der Waals surface area (Å²) < 4.78 is 6.86. The van der Waals surface area contributed by atoms with Gasteiger partial charge in [0.25, 0.3) is 5.91 Å². The number of carbonyl (C=O) groups excluding carboxylic acids is 1. The van der Waals surface area contributed by atoms with Crippen LogP contribution in [0.25, 0.3) is 33.2 Å². The molecule has 1 atom stereocenters. The number of hydrogen-bond acceptors (Lipinski definition) is 4. The molecule has 3 heterocycles. The molecule has 0 bridgehead atoms. The number of aromatic amines is 2. The molecule has 1 aliphatic rings. The van der Waals surface area contributed by atoms with Crippen molar-refractivity contribution in [1.82, 2.24) is 25.1 Å². The van der Waals surface area contributed by atoms with Gasteiger partial charge in [0.1, 0.15) is 5.75 Å². The Morgan fingerprint density at radius 2 is 1.75 bits per heavy atom. The maximum Gasteiger partial charge on any atom is 0.257 e. The molecule has 3 N–H and O–H groups in total. The van der Waals surface area contributed by atoms with Crippen LogP contribution in [0.4, 0.5) is 0 Å². The summed E-state index contributed by atoms with van der Waals surface area (Å²) in [6.45, 7) is 4.19. The van der Waals surface area contributed by atoms with Gasteiger partial charge in [-0.25, -0.2) is 0 Å². The van der Waals surface area contributed by atoms with Crippen LogP contribution in [-0.2, 0) is 4.79 Å². The molecule has 40 heavy (non-hydrogen) atoms. The van der Waals surface area contributed by atoms with Gasteiger partial charge in [0.15, 0.2) is 6.61 Å². The first-order valence-corrected chi connectivity index (χ1v) is 14.6. The van der Waals surface area contributed by atoms with Crippen LogP contribution in [0.15, 0.2) is 77.3 Å². The van der Waals surface area contributed by atoms with Gasteiger partial charge < -0.3 is 24.9 Å². The fraction of sp³-hybridized carbons (Fsp3) is 0.258. The zero-order valence-corrected chi connectivity index (χ0v) is 24.6. The zero-order valence-electron chi connectivity index (χ0n) is 22.2. The second-order valence-electron chi connectivity index (χ2n) is 10.3. The molecule has 2 aromatic heterocycles. The highest BCUT2D eigenvalue weighted by Gasteiger charge is 2.26. The second kappa shape index (κ2) is 11.7. The summed E-state index contributed by atoms with van der Waals surface area (Å²) in [5, 5.41) is 5.57. The Morgan fingerprint density at radius 3 is 2.55 bits per heavy atom. The maximum absolute atomic E-state index is 12.6. The number of nitrogens with zero attached hydrogens (tertiary/aromatic N) is 2. The lowest BCUT2D eigenvalue weighted by Crippen LogP contribution is -2.49.